The van der Waals surface area contributed by atoms with Crippen molar-refractivity contribution in [1.82, 2.24) is 9.62 Å². The molecule has 1 aromatic rings. The van der Waals surface area contributed by atoms with Crippen LogP contribution in [0, 0.1) is 23.5 Å². The van der Waals surface area contributed by atoms with E-state index in [4.69, 9.17) is 0 Å². The van der Waals surface area contributed by atoms with Crippen LogP contribution in [-0.4, -0.2) is 38.9 Å². The van der Waals surface area contributed by atoms with Gasteiger partial charge in [0.1, 0.15) is 11.6 Å². The fraction of sp³-hybridized carbons (Fsp3) is 0.500. The van der Waals surface area contributed by atoms with Gasteiger partial charge in [-0.1, -0.05) is 6.07 Å². The third-order valence-corrected chi connectivity index (χ3v) is 5.76. The van der Waals surface area contributed by atoms with Gasteiger partial charge in [0, 0.05) is 13.1 Å². The van der Waals surface area contributed by atoms with E-state index in [1.165, 1.54) is 4.31 Å². The molecule has 2 saturated heterocycles. The Labute approximate surface area is 110 Å². The molecule has 104 valence electrons. The van der Waals surface area contributed by atoms with E-state index >= 15 is 0 Å². The molecule has 7 heteroatoms. The summed E-state index contributed by atoms with van der Waals surface area (Å²) in [7, 11) is -4.09. The highest BCUT2D eigenvalue weighted by molar-refractivity contribution is 7.89. The summed E-state index contributed by atoms with van der Waals surface area (Å²) in [5, 5.41) is 3.19. The Morgan fingerprint density at radius 2 is 1.63 bits per heavy atom. The molecule has 1 N–H and O–H groups in total. The zero-order valence-electron chi connectivity index (χ0n) is 10.1. The highest BCUT2D eigenvalue weighted by Gasteiger charge is 2.43. The minimum absolute atomic E-state index is 0.240. The molecule has 0 saturated carbocycles. The molecule has 2 heterocycles. The Morgan fingerprint density at radius 3 is 2.16 bits per heavy atom. The largest absolute Gasteiger partial charge is 0.316 e. The maximum absolute atomic E-state index is 13.6. The minimum Gasteiger partial charge on any atom is -0.316 e. The van der Waals surface area contributed by atoms with Crippen LogP contribution in [0.5, 0.6) is 0 Å². The number of hydrogen-bond donors (Lipinski definition) is 1. The molecule has 3 rings (SSSR count). The molecular weight excluding hydrogens is 274 g/mol. The van der Waals surface area contributed by atoms with Gasteiger partial charge in [-0.2, -0.15) is 4.31 Å². The van der Waals surface area contributed by atoms with Crippen LogP contribution in [0.4, 0.5) is 8.78 Å². The minimum atomic E-state index is -4.09. The molecule has 2 fully saturated rings. The van der Waals surface area contributed by atoms with Crippen LogP contribution in [0.15, 0.2) is 23.1 Å². The van der Waals surface area contributed by atoms with Crippen LogP contribution in [-0.2, 0) is 10.0 Å². The number of rotatable bonds is 2. The van der Waals surface area contributed by atoms with E-state index in [1.807, 2.05) is 0 Å². The van der Waals surface area contributed by atoms with Gasteiger partial charge in [-0.15, -0.1) is 0 Å². The predicted molar refractivity (Wildman–Crippen MR) is 65.0 cm³/mol. The van der Waals surface area contributed by atoms with E-state index in [0.29, 0.717) is 13.1 Å². The number of sulfonamides is 1. The molecule has 0 radical (unpaired) electrons. The van der Waals surface area contributed by atoms with Crippen LogP contribution in [0.1, 0.15) is 0 Å². The first kappa shape index (κ1) is 13.0. The molecule has 2 aliphatic rings. The molecule has 0 aliphatic carbocycles. The zero-order valence-corrected chi connectivity index (χ0v) is 11.0. The van der Waals surface area contributed by atoms with Gasteiger partial charge in [0.2, 0.25) is 10.0 Å². The van der Waals surface area contributed by atoms with Gasteiger partial charge in [-0.05, 0) is 37.1 Å². The summed E-state index contributed by atoms with van der Waals surface area (Å²) in [6.45, 7) is 2.18. The molecule has 0 bridgehead atoms. The molecule has 0 amide bonds. The second-order valence-corrected chi connectivity index (χ2v) is 6.93. The summed E-state index contributed by atoms with van der Waals surface area (Å²) in [6.07, 6.45) is 0. The molecule has 0 aromatic heterocycles. The maximum Gasteiger partial charge on any atom is 0.248 e. The number of fused-ring (bicyclic) bond motifs is 1. The van der Waals surface area contributed by atoms with E-state index in [2.05, 4.69) is 5.32 Å². The predicted octanol–water partition coefficient (Wildman–Crippen LogP) is 0.805. The molecule has 1 aromatic carbocycles. The summed E-state index contributed by atoms with van der Waals surface area (Å²) in [4.78, 5) is -0.831. The Kier molecular flexibility index (Phi) is 3.07. The molecule has 4 nitrogen and oxygen atoms in total. The lowest BCUT2D eigenvalue weighted by atomic mass is 10.0. The van der Waals surface area contributed by atoms with Crippen LogP contribution >= 0.6 is 0 Å². The molecule has 2 atom stereocenters. The Bertz CT molecular complexity index is 573. The van der Waals surface area contributed by atoms with Crippen molar-refractivity contribution in [3.63, 3.8) is 0 Å². The summed E-state index contributed by atoms with van der Waals surface area (Å²) < 4.78 is 53.1. The van der Waals surface area contributed by atoms with Crippen molar-refractivity contribution in [3.8, 4) is 0 Å². The quantitative estimate of drug-likeness (QED) is 0.876. The van der Waals surface area contributed by atoms with Gasteiger partial charge < -0.3 is 5.32 Å². The second-order valence-electron chi connectivity index (χ2n) is 5.05. The molecule has 2 unspecified atom stereocenters. The first-order valence-electron chi connectivity index (χ1n) is 6.15. The Hall–Kier alpha value is -1.05. The van der Waals surface area contributed by atoms with Gasteiger partial charge in [0.25, 0.3) is 0 Å². The van der Waals surface area contributed by atoms with Crippen molar-refractivity contribution in [2.45, 2.75) is 4.90 Å². The second kappa shape index (κ2) is 4.50. The number of nitrogens with zero attached hydrogens (tertiary/aromatic N) is 1. The van der Waals surface area contributed by atoms with Crippen molar-refractivity contribution in [2.24, 2.45) is 11.8 Å². The van der Waals surface area contributed by atoms with E-state index in [9.17, 15) is 17.2 Å². The standard InChI is InChI=1S/C12H14F2N2O2S/c13-10-2-1-3-11(14)12(10)19(17,18)16-6-8-4-15-5-9(8)7-16/h1-3,8-9,15H,4-7H2. The van der Waals surface area contributed by atoms with Gasteiger partial charge in [-0.25, -0.2) is 17.2 Å². The average Bonchev–Trinajstić information content (AvgIpc) is 2.87. The number of halogens is 2. The normalized spacial score (nSPS) is 27.7. The monoisotopic (exact) mass is 288 g/mol. The molecule has 19 heavy (non-hydrogen) atoms. The lowest BCUT2D eigenvalue weighted by Crippen LogP contribution is -2.33. The third-order valence-electron chi connectivity index (χ3n) is 3.87. The van der Waals surface area contributed by atoms with Crippen molar-refractivity contribution in [1.29, 1.82) is 0 Å². The zero-order chi connectivity index (χ0) is 13.6. The highest BCUT2D eigenvalue weighted by Crippen LogP contribution is 2.32. The first-order valence-corrected chi connectivity index (χ1v) is 7.59. The van der Waals surface area contributed by atoms with Gasteiger partial charge in [0.05, 0.1) is 0 Å². The van der Waals surface area contributed by atoms with Gasteiger partial charge >= 0.3 is 0 Å². The van der Waals surface area contributed by atoms with Crippen LogP contribution in [0.3, 0.4) is 0 Å². The first-order chi connectivity index (χ1) is 9.00. The van der Waals surface area contributed by atoms with Crippen LogP contribution in [0.25, 0.3) is 0 Å². The van der Waals surface area contributed by atoms with E-state index in [-0.39, 0.29) is 11.8 Å². The Balaban J connectivity index is 1.96. The maximum atomic E-state index is 13.6. The SMILES string of the molecule is O=S(=O)(c1c(F)cccc1F)N1CC2CNCC2C1. The summed E-state index contributed by atoms with van der Waals surface area (Å²) in [5.41, 5.74) is 0. The fourth-order valence-corrected chi connectivity index (χ4v) is 4.53. The van der Waals surface area contributed by atoms with E-state index in [0.717, 1.165) is 31.3 Å². The number of nitrogens with one attached hydrogen (secondary N) is 1. The molecular formula is C12H14F2N2O2S. The van der Waals surface area contributed by atoms with Crippen LogP contribution in [0.2, 0.25) is 0 Å². The lowest BCUT2D eigenvalue weighted by molar-refractivity contribution is 0.434. The van der Waals surface area contributed by atoms with Crippen molar-refractivity contribution in [3.05, 3.63) is 29.8 Å². The third kappa shape index (κ3) is 2.05. The summed E-state index contributed by atoms with van der Waals surface area (Å²) >= 11 is 0. The lowest BCUT2D eigenvalue weighted by Gasteiger charge is -2.18. The number of benzene rings is 1. The molecule has 0 spiro atoms. The van der Waals surface area contributed by atoms with Gasteiger partial charge in [-0.3, -0.25) is 0 Å². The number of hydrogen-bond acceptors (Lipinski definition) is 3. The van der Waals surface area contributed by atoms with E-state index < -0.39 is 26.6 Å². The highest BCUT2D eigenvalue weighted by atomic mass is 32.2. The van der Waals surface area contributed by atoms with Crippen LogP contribution < -0.4 is 5.32 Å². The topological polar surface area (TPSA) is 49.4 Å². The van der Waals surface area contributed by atoms with E-state index in [1.54, 1.807) is 0 Å². The van der Waals surface area contributed by atoms with Gasteiger partial charge in [0.15, 0.2) is 4.90 Å². The summed E-state index contributed by atoms with van der Waals surface area (Å²) in [5.74, 6) is -1.58. The Morgan fingerprint density at radius 1 is 1.11 bits per heavy atom. The summed E-state index contributed by atoms with van der Waals surface area (Å²) in [6, 6.07) is 3.09. The van der Waals surface area contributed by atoms with Crippen molar-refractivity contribution >= 4 is 10.0 Å². The molecule has 2 aliphatic heterocycles. The fourth-order valence-electron chi connectivity index (χ4n) is 2.87. The van der Waals surface area contributed by atoms with Crippen molar-refractivity contribution < 1.29 is 17.2 Å². The smallest absolute Gasteiger partial charge is 0.248 e. The average molecular weight is 288 g/mol. The van der Waals surface area contributed by atoms with Crippen molar-refractivity contribution in [2.75, 3.05) is 26.2 Å².